The Bertz CT molecular complexity index is 672. The molecule has 0 saturated carbocycles. The molecule has 0 spiro atoms. The van der Waals surface area contributed by atoms with Gasteiger partial charge < -0.3 is 0 Å². The number of rotatable bonds is 6. The predicted molar refractivity (Wildman–Crippen MR) is 91.2 cm³/mol. The van der Waals surface area contributed by atoms with Crippen molar-refractivity contribution in [2.24, 2.45) is 4.99 Å². The average molecular weight is 294 g/mol. The monoisotopic (exact) mass is 294 g/mol. The summed E-state index contributed by atoms with van der Waals surface area (Å²) in [6.07, 6.45) is 3.53. The van der Waals surface area contributed by atoms with Crippen molar-refractivity contribution in [1.29, 1.82) is 0 Å². The Hall–Kier alpha value is -2.29. The quantitative estimate of drug-likeness (QED) is 0.569. The summed E-state index contributed by atoms with van der Waals surface area (Å²) >= 11 is 0. The van der Waals surface area contributed by atoms with Crippen LogP contribution in [0.2, 0.25) is 0 Å². The Morgan fingerprint density at radius 1 is 1.05 bits per heavy atom. The highest BCUT2D eigenvalue weighted by Gasteiger charge is 2.05. The molecule has 0 bridgehead atoms. The van der Waals surface area contributed by atoms with Gasteiger partial charge in [-0.15, -0.1) is 0 Å². The number of hydrogen-bond donors (Lipinski definition) is 0. The van der Waals surface area contributed by atoms with E-state index >= 15 is 0 Å². The van der Waals surface area contributed by atoms with E-state index in [9.17, 15) is 4.79 Å². The minimum atomic E-state index is -0.0325. The zero-order valence-corrected chi connectivity index (χ0v) is 13.5. The average Bonchev–Trinajstić information content (AvgIpc) is 2.54. The van der Waals surface area contributed by atoms with Crippen molar-refractivity contribution in [1.82, 2.24) is 4.98 Å². The Kier molecular flexibility index (Phi) is 5.59. The van der Waals surface area contributed by atoms with Gasteiger partial charge in [0, 0.05) is 6.92 Å². The first kappa shape index (κ1) is 16.1. The van der Waals surface area contributed by atoms with Crippen molar-refractivity contribution >= 4 is 17.2 Å². The predicted octanol–water partition coefficient (Wildman–Crippen LogP) is 4.77. The molecule has 0 atom stereocenters. The number of aliphatic imine (C=N–C) groups is 1. The normalized spacial score (nSPS) is 11.5. The zero-order valence-electron chi connectivity index (χ0n) is 13.5. The maximum absolute atomic E-state index is 11.4. The van der Waals surface area contributed by atoms with Gasteiger partial charge in [0.25, 0.3) is 0 Å². The number of Topliss-reactive ketones (excluding diaryl/α,β-unsaturated/α-hetero) is 1. The molecule has 0 aliphatic rings. The second kappa shape index (κ2) is 7.64. The molecule has 0 saturated heterocycles. The summed E-state index contributed by atoms with van der Waals surface area (Å²) < 4.78 is 0. The van der Waals surface area contributed by atoms with Crippen LogP contribution in [0.4, 0.5) is 5.69 Å². The second-order valence-corrected chi connectivity index (χ2v) is 5.43. The highest BCUT2D eigenvalue weighted by atomic mass is 16.1. The topological polar surface area (TPSA) is 42.3 Å². The third-order valence-electron chi connectivity index (χ3n) is 3.53. The van der Waals surface area contributed by atoms with Gasteiger partial charge in [0.15, 0.2) is 5.78 Å². The van der Waals surface area contributed by atoms with Crippen molar-refractivity contribution in [3.63, 3.8) is 0 Å². The van der Waals surface area contributed by atoms with E-state index in [0.29, 0.717) is 5.69 Å². The van der Waals surface area contributed by atoms with Gasteiger partial charge >= 0.3 is 0 Å². The summed E-state index contributed by atoms with van der Waals surface area (Å²) in [5.74, 6) is -0.0325. The summed E-state index contributed by atoms with van der Waals surface area (Å²) in [6.45, 7) is 5.63. The van der Waals surface area contributed by atoms with E-state index in [-0.39, 0.29) is 5.78 Å². The number of unbranched alkanes of at least 4 members (excludes halogenated alkanes) is 1. The van der Waals surface area contributed by atoms with Gasteiger partial charge in [0.05, 0.1) is 17.1 Å². The molecule has 0 radical (unpaired) electrons. The van der Waals surface area contributed by atoms with Gasteiger partial charge in [-0.3, -0.25) is 9.79 Å². The molecule has 3 heteroatoms. The molecule has 2 rings (SSSR count). The van der Waals surface area contributed by atoms with Crippen LogP contribution < -0.4 is 0 Å². The van der Waals surface area contributed by atoms with E-state index in [4.69, 9.17) is 0 Å². The maximum atomic E-state index is 11.4. The smallest absolute Gasteiger partial charge is 0.178 e. The fourth-order valence-electron chi connectivity index (χ4n) is 2.20. The molecule has 3 nitrogen and oxygen atoms in total. The fraction of sp³-hybridized carbons (Fsp3) is 0.316. The van der Waals surface area contributed by atoms with Crippen LogP contribution in [-0.4, -0.2) is 16.5 Å². The molecule has 1 aromatic heterocycles. The SMILES string of the molecule is CCCCc1ccc(/N=C(\C)c2cccc(C(C)=O)n2)cc1. The molecule has 1 aromatic carbocycles. The Morgan fingerprint density at radius 3 is 2.36 bits per heavy atom. The number of pyridine rings is 1. The van der Waals surface area contributed by atoms with Crippen molar-refractivity contribution in [2.75, 3.05) is 0 Å². The minimum absolute atomic E-state index is 0.0325. The van der Waals surface area contributed by atoms with E-state index < -0.39 is 0 Å². The largest absolute Gasteiger partial charge is 0.293 e. The second-order valence-electron chi connectivity index (χ2n) is 5.43. The van der Waals surface area contributed by atoms with Gasteiger partial charge in [0.1, 0.15) is 5.69 Å². The summed E-state index contributed by atoms with van der Waals surface area (Å²) in [7, 11) is 0. The van der Waals surface area contributed by atoms with Crippen LogP contribution in [0.15, 0.2) is 47.5 Å². The maximum Gasteiger partial charge on any atom is 0.178 e. The van der Waals surface area contributed by atoms with Crippen LogP contribution in [0.5, 0.6) is 0 Å². The van der Waals surface area contributed by atoms with Gasteiger partial charge in [-0.2, -0.15) is 0 Å². The molecule has 0 unspecified atom stereocenters. The summed E-state index contributed by atoms with van der Waals surface area (Å²) in [6, 6.07) is 13.8. The Balaban J connectivity index is 2.17. The lowest BCUT2D eigenvalue weighted by molar-refractivity contribution is 0.101. The van der Waals surface area contributed by atoms with Gasteiger partial charge in [-0.1, -0.05) is 31.5 Å². The molecule has 0 N–H and O–H groups in total. The summed E-state index contributed by atoms with van der Waals surface area (Å²) in [5.41, 5.74) is 4.28. The van der Waals surface area contributed by atoms with Crippen molar-refractivity contribution in [3.05, 3.63) is 59.4 Å². The van der Waals surface area contributed by atoms with Crippen LogP contribution in [0.1, 0.15) is 55.4 Å². The number of ketones is 1. The number of carbonyl (C=O) groups is 1. The Morgan fingerprint density at radius 2 is 1.73 bits per heavy atom. The number of nitrogens with zero attached hydrogens (tertiary/aromatic N) is 2. The number of aromatic nitrogens is 1. The molecule has 0 aliphatic carbocycles. The Labute approximate surface area is 132 Å². The van der Waals surface area contributed by atoms with Crippen LogP contribution >= 0.6 is 0 Å². The van der Waals surface area contributed by atoms with Crippen LogP contribution in [0, 0.1) is 0 Å². The molecule has 1 heterocycles. The van der Waals surface area contributed by atoms with Gasteiger partial charge in [-0.25, -0.2) is 4.98 Å². The summed E-state index contributed by atoms with van der Waals surface area (Å²) in [5, 5.41) is 0. The van der Waals surface area contributed by atoms with Gasteiger partial charge in [0.2, 0.25) is 0 Å². The van der Waals surface area contributed by atoms with E-state index in [0.717, 1.165) is 23.5 Å². The third kappa shape index (κ3) is 4.35. The lowest BCUT2D eigenvalue weighted by Crippen LogP contribution is -2.04. The fourth-order valence-corrected chi connectivity index (χ4v) is 2.20. The third-order valence-corrected chi connectivity index (χ3v) is 3.53. The first-order valence-corrected chi connectivity index (χ1v) is 7.72. The van der Waals surface area contributed by atoms with E-state index in [1.54, 1.807) is 6.07 Å². The zero-order chi connectivity index (χ0) is 15.9. The lowest BCUT2D eigenvalue weighted by atomic mass is 10.1. The lowest BCUT2D eigenvalue weighted by Gasteiger charge is -2.04. The van der Waals surface area contributed by atoms with E-state index in [2.05, 4.69) is 29.0 Å². The van der Waals surface area contributed by atoms with Gasteiger partial charge in [-0.05, 0) is 49.6 Å². The molecule has 114 valence electrons. The summed E-state index contributed by atoms with van der Waals surface area (Å²) in [4.78, 5) is 20.3. The number of hydrogen-bond acceptors (Lipinski definition) is 3. The molecule has 0 fully saturated rings. The first-order valence-electron chi connectivity index (χ1n) is 7.72. The molecule has 2 aromatic rings. The van der Waals surface area contributed by atoms with Crippen LogP contribution in [-0.2, 0) is 6.42 Å². The van der Waals surface area contributed by atoms with E-state index in [1.807, 2.05) is 31.2 Å². The highest BCUT2D eigenvalue weighted by Crippen LogP contribution is 2.16. The standard InChI is InChI=1S/C19H22N2O/c1-4-5-7-16-10-12-17(13-11-16)20-14(2)18-8-6-9-19(21-18)15(3)22/h6,8-13H,4-5,7H2,1-3H3/b20-14+. The number of carbonyl (C=O) groups excluding carboxylic acids is 1. The van der Waals surface area contributed by atoms with E-state index in [1.165, 1.54) is 25.3 Å². The molecule has 0 aliphatic heterocycles. The van der Waals surface area contributed by atoms with Crippen molar-refractivity contribution < 1.29 is 4.79 Å². The molecular weight excluding hydrogens is 272 g/mol. The number of aryl methyl sites for hydroxylation is 1. The highest BCUT2D eigenvalue weighted by molar-refractivity contribution is 6.00. The van der Waals surface area contributed by atoms with Crippen LogP contribution in [0.3, 0.4) is 0 Å². The number of benzene rings is 1. The molecule has 22 heavy (non-hydrogen) atoms. The molecular formula is C19H22N2O. The van der Waals surface area contributed by atoms with Crippen molar-refractivity contribution in [3.8, 4) is 0 Å². The molecule has 0 amide bonds. The van der Waals surface area contributed by atoms with Crippen molar-refractivity contribution in [2.45, 2.75) is 40.0 Å². The minimum Gasteiger partial charge on any atom is -0.293 e. The first-order chi connectivity index (χ1) is 10.6. The van der Waals surface area contributed by atoms with Crippen LogP contribution in [0.25, 0.3) is 0 Å².